The number of anilines is 2. The van der Waals surface area contributed by atoms with Crippen molar-refractivity contribution in [2.24, 2.45) is 0 Å². The summed E-state index contributed by atoms with van der Waals surface area (Å²) < 4.78 is 13.9. The second-order valence-corrected chi connectivity index (χ2v) is 13.6. The Kier molecular flexibility index (Phi) is 9.44. The fourth-order valence-corrected chi connectivity index (χ4v) is 6.82. The van der Waals surface area contributed by atoms with Gasteiger partial charge in [-0.15, -0.1) is 0 Å². The number of nitrogens with zero attached hydrogens (tertiary/aromatic N) is 6. The largest absolute Gasteiger partial charge is 0.366 e. The first-order valence-electron chi connectivity index (χ1n) is 17.2. The van der Waals surface area contributed by atoms with E-state index in [9.17, 15) is 4.79 Å². The molecule has 2 saturated heterocycles. The minimum absolute atomic E-state index is 0.0963. The highest BCUT2D eigenvalue weighted by Crippen LogP contribution is 2.35. The Bertz CT molecular complexity index is 1980. The average Bonchev–Trinajstić information content (AvgIpc) is 3.75. The van der Waals surface area contributed by atoms with Gasteiger partial charge in [0, 0.05) is 74.2 Å². The number of hydrogen-bond acceptors (Lipinski definition) is 9. The molecule has 2 aliphatic heterocycles. The molecule has 2 fully saturated rings. The van der Waals surface area contributed by atoms with Gasteiger partial charge in [0.15, 0.2) is 17.2 Å². The molecule has 10 nitrogen and oxygen atoms in total. The Morgan fingerprint density at radius 1 is 1.06 bits per heavy atom. The smallest absolute Gasteiger partial charge is 0.171 e. The van der Waals surface area contributed by atoms with Gasteiger partial charge in [0.05, 0.1) is 25.1 Å². The van der Waals surface area contributed by atoms with Gasteiger partial charge in [-0.2, -0.15) is 9.61 Å². The molecule has 5 heterocycles. The normalized spacial score (nSPS) is 16.2. The van der Waals surface area contributed by atoms with Crippen LogP contribution in [-0.4, -0.2) is 83.0 Å². The summed E-state index contributed by atoms with van der Waals surface area (Å²) in [6.45, 7) is 8.62. The number of ether oxygens (including phenoxy) is 2. The van der Waals surface area contributed by atoms with E-state index < -0.39 is 5.79 Å². The van der Waals surface area contributed by atoms with Crippen molar-refractivity contribution in [3.8, 4) is 11.3 Å². The monoisotopic (exact) mass is 659 g/mol. The van der Waals surface area contributed by atoms with E-state index in [1.807, 2.05) is 54.1 Å². The van der Waals surface area contributed by atoms with Crippen LogP contribution in [-0.2, 0) is 27.2 Å². The zero-order valence-electron chi connectivity index (χ0n) is 28.9. The van der Waals surface area contributed by atoms with Crippen LogP contribution in [0.15, 0.2) is 79.1 Å². The minimum Gasteiger partial charge on any atom is -0.366 e. The molecule has 2 aliphatic rings. The van der Waals surface area contributed by atoms with Gasteiger partial charge in [-0.25, -0.2) is 4.98 Å². The number of allylic oxidation sites excluding steroid dienone is 1. The summed E-state index contributed by atoms with van der Waals surface area (Å²) in [5.41, 5.74) is 6.07. The lowest BCUT2D eigenvalue weighted by Gasteiger charge is -2.38. The van der Waals surface area contributed by atoms with E-state index in [0.717, 1.165) is 88.5 Å². The quantitative estimate of drug-likeness (QED) is 0.165. The number of nitrogens with one attached hydrogen (secondary N) is 1. The number of likely N-dealkylation sites (N-methyl/N-ethyl adjacent to an activating group) is 1. The van der Waals surface area contributed by atoms with E-state index in [2.05, 4.69) is 66.5 Å². The highest BCUT2D eigenvalue weighted by atomic mass is 16.7. The highest BCUT2D eigenvalue weighted by molar-refractivity contribution is 5.97. The maximum absolute atomic E-state index is 12.6. The van der Waals surface area contributed by atoms with E-state index in [-0.39, 0.29) is 11.7 Å². The Balaban J connectivity index is 1.15. The summed E-state index contributed by atoms with van der Waals surface area (Å²) in [5.74, 6) is 1.75. The molecule has 254 valence electrons. The first kappa shape index (κ1) is 32.9. The van der Waals surface area contributed by atoms with Gasteiger partial charge in [0.2, 0.25) is 0 Å². The van der Waals surface area contributed by atoms with Crippen LogP contribution in [0.4, 0.5) is 11.6 Å². The lowest BCUT2D eigenvalue weighted by atomic mass is 9.97. The van der Waals surface area contributed by atoms with E-state index in [0.29, 0.717) is 26.2 Å². The van der Waals surface area contributed by atoms with E-state index in [1.165, 1.54) is 0 Å². The second kappa shape index (κ2) is 14.1. The second-order valence-electron chi connectivity index (χ2n) is 13.6. The SMILES string of the molecule is CC(C)c1cnn2c(NCc3ccccc3-c3nccc4cc(CC(=O)/C=C/CN(C)C)ccc34)cc(N3CCC4(CC3)OCCO4)nc12. The Labute approximate surface area is 287 Å². The molecule has 0 bridgehead atoms. The molecule has 0 radical (unpaired) electrons. The number of rotatable bonds is 11. The van der Waals surface area contributed by atoms with Gasteiger partial charge in [-0.3, -0.25) is 9.78 Å². The van der Waals surface area contributed by atoms with Gasteiger partial charge in [0.1, 0.15) is 11.6 Å². The average molecular weight is 660 g/mol. The van der Waals surface area contributed by atoms with Crippen molar-refractivity contribution in [1.29, 1.82) is 0 Å². The van der Waals surface area contributed by atoms with E-state index in [1.54, 1.807) is 6.08 Å². The van der Waals surface area contributed by atoms with Gasteiger partial charge < -0.3 is 24.6 Å². The molecule has 7 rings (SSSR count). The Hall–Kier alpha value is -4.64. The van der Waals surface area contributed by atoms with Gasteiger partial charge in [-0.05, 0) is 48.7 Å². The first-order valence-corrected chi connectivity index (χ1v) is 17.2. The van der Waals surface area contributed by atoms with Crippen molar-refractivity contribution >= 4 is 33.8 Å². The van der Waals surface area contributed by atoms with Crippen molar-refractivity contribution < 1.29 is 14.3 Å². The number of hydrogen-bond donors (Lipinski definition) is 1. The summed E-state index contributed by atoms with van der Waals surface area (Å²) in [7, 11) is 3.97. The number of benzene rings is 2. The topological polar surface area (TPSA) is 97.1 Å². The van der Waals surface area contributed by atoms with E-state index >= 15 is 0 Å². The molecule has 0 saturated carbocycles. The Morgan fingerprint density at radius 2 is 1.86 bits per heavy atom. The van der Waals surface area contributed by atoms with Crippen LogP contribution in [0.25, 0.3) is 27.7 Å². The van der Waals surface area contributed by atoms with Crippen molar-refractivity contribution in [1.82, 2.24) is 24.5 Å². The first-order chi connectivity index (χ1) is 23.8. The standard InChI is InChI=1S/C39H45N7O3/c1-27(2)34-26-42-46-35(24-36(43-38(34)46)45-18-14-39(15-19-45)48-20-21-49-39)41-25-30-8-5-6-10-32(30)37-33-12-11-28(22-29(33)13-16-40-37)23-31(47)9-7-17-44(3)4/h5-13,16,22,24,26-27,41H,14-15,17-21,23,25H2,1-4H3/b9-7+. The van der Waals surface area contributed by atoms with Crippen molar-refractivity contribution in [2.75, 3.05) is 57.2 Å². The third-order valence-corrected chi connectivity index (χ3v) is 9.48. The molecule has 0 unspecified atom stereocenters. The van der Waals surface area contributed by atoms with Crippen LogP contribution in [0.5, 0.6) is 0 Å². The Morgan fingerprint density at radius 3 is 2.63 bits per heavy atom. The van der Waals surface area contributed by atoms with Crippen LogP contribution < -0.4 is 10.2 Å². The predicted octanol–water partition coefficient (Wildman–Crippen LogP) is 6.25. The van der Waals surface area contributed by atoms with Crippen LogP contribution in [0, 0.1) is 0 Å². The molecule has 0 atom stereocenters. The highest BCUT2D eigenvalue weighted by Gasteiger charge is 2.40. The van der Waals surface area contributed by atoms with Crippen molar-refractivity contribution in [3.63, 3.8) is 0 Å². The predicted molar refractivity (Wildman–Crippen MR) is 194 cm³/mol. The van der Waals surface area contributed by atoms with Gasteiger partial charge >= 0.3 is 0 Å². The van der Waals surface area contributed by atoms with Gasteiger partial charge in [0.25, 0.3) is 0 Å². The molecule has 2 aromatic carbocycles. The summed E-state index contributed by atoms with van der Waals surface area (Å²) in [6.07, 6.45) is 9.37. The number of carbonyl (C=O) groups excluding carboxylic acids is 1. The molecule has 0 aliphatic carbocycles. The third kappa shape index (κ3) is 7.08. The maximum atomic E-state index is 12.6. The molecule has 3 aromatic heterocycles. The molecule has 49 heavy (non-hydrogen) atoms. The summed E-state index contributed by atoms with van der Waals surface area (Å²) in [5, 5.41) is 10.6. The van der Waals surface area contributed by atoms with Crippen LogP contribution in [0.2, 0.25) is 0 Å². The summed E-state index contributed by atoms with van der Waals surface area (Å²) >= 11 is 0. The molecular formula is C39H45N7O3. The molecule has 1 spiro atoms. The van der Waals surface area contributed by atoms with E-state index in [4.69, 9.17) is 24.5 Å². The molecule has 1 N–H and O–H groups in total. The van der Waals surface area contributed by atoms with Crippen LogP contribution >= 0.6 is 0 Å². The van der Waals surface area contributed by atoms with Gasteiger partial charge in [-0.1, -0.05) is 62.4 Å². The van der Waals surface area contributed by atoms with Crippen molar-refractivity contribution in [3.05, 3.63) is 95.8 Å². The minimum atomic E-state index is -0.442. The van der Waals surface area contributed by atoms with Crippen molar-refractivity contribution in [2.45, 2.75) is 51.4 Å². The number of piperidine rings is 1. The lowest BCUT2D eigenvalue weighted by molar-refractivity contribution is -0.169. The summed E-state index contributed by atoms with van der Waals surface area (Å²) in [4.78, 5) is 26.9. The van der Waals surface area contributed by atoms with Crippen LogP contribution in [0.1, 0.15) is 49.3 Å². The van der Waals surface area contributed by atoms with Crippen LogP contribution in [0.3, 0.4) is 0 Å². The third-order valence-electron chi connectivity index (χ3n) is 9.48. The zero-order chi connectivity index (χ0) is 34.0. The fourth-order valence-electron chi connectivity index (χ4n) is 6.82. The summed E-state index contributed by atoms with van der Waals surface area (Å²) in [6, 6.07) is 18.7. The number of aromatic nitrogens is 4. The number of carbonyl (C=O) groups is 1. The number of ketones is 1. The maximum Gasteiger partial charge on any atom is 0.171 e. The molecule has 5 aromatic rings. The zero-order valence-corrected chi connectivity index (χ0v) is 28.9. The number of fused-ring (bicyclic) bond motifs is 2. The fraction of sp³-hybridized carbons (Fsp3) is 0.385. The lowest BCUT2D eigenvalue weighted by Crippen LogP contribution is -2.45. The molecular weight excluding hydrogens is 614 g/mol. The molecule has 10 heteroatoms. The number of pyridine rings is 1. The molecule has 0 amide bonds.